The van der Waals surface area contributed by atoms with Crippen LogP contribution in [0.25, 0.3) is 0 Å². The molecule has 2 aromatic carbocycles. The van der Waals surface area contributed by atoms with Crippen LogP contribution in [0.2, 0.25) is 0 Å². The van der Waals surface area contributed by atoms with Gasteiger partial charge < -0.3 is 14.5 Å². The summed E-state index contributed by atoms with van der Waals surface area (Å²) in [6, 6.07) is 17.5. The summed E-state index contributed by atoms with van der Waals surface area (Å²) in [7, 11) is 0. The van der Waals surface area contributed by atoms with Gasteiger partial charge in [0.25, 0.3) is 0 Å². The number of para-hydroxylation sites is 2. The molecule has 1 fully saturated rings. The van der Waals surface area contributed by atoms with Crippen LogP contribution in [0.5, 0.6) is 5.75 Å². The van der Waals surface area contributed by atoms with Gasteiger partial charge in [0.15, 0.2) is 0 Å². The van der Waals surface area contributed by atoms with Gasteiger partial charge >= 0.3 is 0 Å². The van der Waals surface area contributed by atoms with Crippen molar-refractivity contribution in [2.24, 2.45) is 0 Å². The van der Waals surface area contributed by atoms with Crippen molar-refractivity contribution >= 4 is 5.69 Å². The summed E-state index contributed by atoms with van der Waals surface area (Å²) in [5.74, 6) is 1.01. The number of hydrogen-bond acceptors (Lipinski definition) is 2. The third-order valence-electron chi connectivity index (χ3n) is 4.86. The van der Waals surface area contributed by atoms with Crippen LogP contribution < -0.4 is 14.5 Å². The first-order valence-electron chi connectivity index (χ1n) is 9.18. The molecule has 1 aliphatic rings. The predicted molar refractivity (Wildman–Crippen MR) is 100 cm³/mol. The molecular weight excluding hydrogens is 296 g/mol. The van der Waals surface area contributed by atoms with Crippen LogP contribution in [0, 0.1) is 0 Å². The molecule has 2 aromatic rings. The molecular formula is C21H29N2O+. The molecule has 0 amide bonds. The van der Waals surface area contributed by atoms with Crippen LogP contribution in [-0.4, -0.2) is 32.8 Å². The number of aryl methyl sites for hydroxylation is 1. The van der Waals surface area contributed by atoms with Crippen molar-refractivity contribution in [2.45, 2.75) is 26.8 Å². The molecule has 3 nitrogen and oxygen atoms in total. The first-order valence-corrected chi connectivity index (χ1v) is 9.18. The van der Waals surface area contributed by atoms with Gasteiger partial charge in [-0.25, -0.2) is 0 Å². The van der Waals surface area contributed by atoms with E-state index < -0.39 is 0 Å². The zero-order chi connectivity index (χ0) is 16.8. The molecule has 24 heavy (non-hydrogen) atoms. The van der Waals surface area contributed by atoms with E-state index in [4.69, 9.17) is 4.74 Å². The van der Waals surface area contributed by atoms with E-state index >= 15 is 0 Å². The van der Waals surface area contributed by atoms with E-state index in [2.05, 4.69) is 60.4 Å². The summed E-state index contributed by atoms with van der Waals surface area (Å²) in [5.41, 5.74) is 4.11. The lowest BCUT2D eigenvalue weighted by atomic mass is 10.1. The zero-order valence-electron chi connectivity index (χ0n) is 14.9. The molecule has 0 bridgehead atoms. The normalized spacial score (nSPS) is 15.5. The fourth-order valence-electron chi connectivity index (χ4n) is 3.42. The highest BCUT2D eigenvalue weighted by atomic mass is 16.5. The Bertz CT molecular complexity index is 631. The fraction of sp³-hybridized carbons (Fsp3) is 0.429. The van der Waals surface area contributed by atoms with Gasteiger partial charge in [0.05, 0.1) is 38.5 Å². The molecule has 1 N–H and O–H groups in total. The van der Waals surface area contributed by atoms with Crippen LogP contribution in [0.4, 0.5) is 5.69 Å². The number of ether oxygens (including phenoxy) is 1. The highest BCUT2D eigenvalue weighted by Crippen LogP contribution is 2.27. The lowest BCUT2D eigenvalue weighted by molar-refractivity contribution is -0.914. The second kappa shape index (κ2) is 8.20. The molecule has 1 aliphatic heterocycles. The molecule has 1 heterocycles. The lowest BCUT2D eigenvalue weighted by Gasteiger charge is -2.34. The van der Waals surface area contributed by atoms with E-state index in [9.17, 15) is 0 Å². The Hall–Kier alpha value is -2.00. The lowest BCUT2D eigenvalue weighted by Crippen LogP contribution is -3.13. The summed E-state index contributed by atoms with van der Waals surface area (Å²) in [4.78, 5) is 4.14. The van der Waals surface area contributed by atoms with Crippen LogP contribution in [0.15, 0.2) is 48.5 Å². The molecule has 0 atom stereocenters. The molecule has 128 valence electrons. The SMILES string of the molecule is CCOc1ccccc1N1CC[NH+](Cc2ccc(CC)cc2)CC1. The minimum atomic E-state index is 0.718. The van der Waals surface area contributed by atoms with Gasteiger partial charge in [-0.1, -0.05) is 43.3 Å². The maximum atomic E-state index is 5.79. The summed E-state index contributed by atoms with van der Waals surface area (Å²) < 4.78 is 5.79. The number of hydrogen-bond donors (Lipinski definition) is 1. The minimum absolute atomic E-state index is 0.718. The summed E-state index contributed by atoms with van der Waals surface area (Å²) >= 11 is 0. The van der Waals surface area contributed by atoms with Gasteiger partial charge in [-0.15, -0.1) is 0 Å². The molecule has 1 saturated heterocycles. The maximum Gasteiger partial charge on any atom is 0.142 e. The number of nitrogens with zero attached hydrogens (tertiary/aromatic N) is 1. The molecule has 3 heteroatoms. The van der Waals surface area contributed by atoms with Gasteiger partial charge in [-0.3, -0.25) is 0 Å². The average molecular weight is 325 g/mol. The zero-order valence-corrected chi connectivity index (χ0v) is 14.9. The smallest absolute Gasteiger partial charge is 0.142 e. The summed E-state index contributed by atoms with van der Waals surface area (Å²) in [6.45, 7) is 10.6. The van der Waals surface area contributed by atoms with E-state index in [1.54, 1.807) is 4.90 Å². The van der Waals surface area contributed by atoms with Gasteiger partial charge in [-0.05, 0) is 31.0 Å². The Morgan fingerprint density at radius 2 is 1.58 bits per heavy atom. The molecule has 0 aliphatic carbocycles. The number of rotatable bonds is 6. The summed E-state index contributed by atoms with van der Waals surface area (Å²) in [6.07, 6.45) is 1.12. The molecule has 0 unspecified atom stereocenters. The van der Waals surface area contributed by atoms with Crippen LogP contribution in [-0.2, 0) is 13.0 Å². The van der Waals surface area contributed by atoms with E-state index in [1.165, 1.54) is 29.9 Å². The van der Waals surface area contributed by atoms with Crippen molar-refractivity contribution in [3.63, 3.8) is 0 Å². The van der Waals surface area contributed by atoms with Gasteiger partial charge in [-0.2, -0.15) is 0 Å². The Morgan fingerprint density at radius 1 is 0.917 bits per heavy atom. The van der Waals surface area contributed by atoms with Crippen LogP contribution in [0.3, 0.4) is 0 Å². The maximum absolute atomic E-state index is 5.79. The second-order valence-corrected chi connectivity index (χ2v) is 6.48. The predicted octanol–water partition coefficient (Wildman–Crippen LogP) is 2.55. The molecule has 0 saturated carbocycles. The Kier molecular flexibility index (Phi) is 5.76. The number of benzene rings is 2. The number of piperazine rings is 1. The van der Waals surface area contributed by atoms with Crippen LogP contribution in [0.1, 0.15) is 25.0 Å². The monoisotopic (exact) mass is 325 g/mol. The first kappa shape index (κ1) is 16.8. The number of nitrogens with one attached hydrogen (secondary N) is 1. The number of anilines is 1. The Labute approximate surface area is 145 Å². The quantitative estimate of drug-likeness (QED) is 0.879. The van der Waals surface area contributed by atoms with E-state index in [0.717, 1.165) is 38.4 Å². The minimum Gasteiger partial charge on any atom is -0.492 e. The highest BCUT2D eigenvalue weighted by Gasteiger charge is 2.22. The largest absolute Gasteiger partial charge is 0.492 e. The summed E-state index contributed by atoms with van der Waals surface area (Å²) in [5, 5.41) is 0. The Balaban J connectivity index is 1.57. The Morgan fingerprint density at radius 3 is 2.25 bits per heavy atom. The van der Waals surface area contributed by atoms with E-state index in [-0.39, 0.29) is 0 Å². The van der Waals surface area contributed by atoms with Gasteiger partial charge in [0.1, 0.15) is 12.3 Å². The highest BCUT2D eigenvalue weighted by molar-refractivity contribution is 5.58. The van der Waals surface area contributed by atoms with E-state index in [0.29, 0.717) is 0 Å². The third kappa shape index (κ3) is 4.09. The molecule has 0 spiro atoms. The topological polar surface area (TPSA) is 16.9 Å². The van der Waals surface area contributed by atoms with Crippen molar-refractivity contribution in [1.29, 1.82) is 0 Å². The van der Waals surface area contributed by atoms with Gasteiger partial charge in [0, 0.05) is 5.56 Å². The number of quaternary nitrogens is 1. The standard InChI is InChI=1S/C21H28N2O/c1-3-18-9-11-19(12-10-18)17-22-13-15-23(16-14-22)20-7-5-6-8-21(20)24-4-2/h5-12H,3-4,13-17H2,1-2H3/p+1. The van der Waals surface area contributed by atoms with Crippen molar-refractivity contribution < 1.29 is 9.64 Å². The third-order valence-corrected chi connectivity index (χ3v) is 4.86. The average Bonchev–Trinajstić information content (AvgIpc) is 2.64. The van der Waals surface area contributed by atoms with Crippen molar-refractivity contribution in [3.8, 4) is 5.75 Å². The van der Waals surface area contributed by atoms with Crippen LogP contribution >= 0.6 is 0 Å². The fourth-order valence-corrected chi connectivity index (χ4v) is 3.42. The van der Waals surface area contributed by atoms with E-state index in [1.807, 2.05) is 6.92 Å². The van der Waals surface area contributed by atoms with Crippen molar-refractivity contribution in [3.05, 3.63) is 59.7 Å². The second-order valence-electron chi connectivity index (χ2n) is 6.48. The molecule has 0 aromatic heterocycles. The van der Waals surface area contributed by atoms with Gasteiger partial charge in [0.2, 0.25) is 0 Å². The first-order chi connectivity index (χ1) is 11.8. The molecule has 0 radical (unpaired) electrons. The molecule has 3 rings (SSSR count). The van der Waals surface area contributed by atoms with Crippen molar-refractivity contribution in [1.82, 2.24) is 0 Å². The van der Waals surface area contributed by atoms with Crippen molar-refractivity contribution in [2.75, 3.05) is 37.7 Å².